The van der Waals surface area contributed by atoms with E-state index in [1.54, 1.807) is 0 Å². The van der Waals surface area contributed by atoms with E-state index in [0.717, 1.165) is 22.1 Å². The van der Waals surface area contributed by atoms with Crippen LogP contribution < -0.4 is 0 Å². The van der Waals surface area contributed by atoms with Crippen LogP contribution in [0.1, 0.15) is 0 Å². The molecule has 0 fully saturated rings. The lowest BCUT2D eigenvalue weighted by atomic mass is 9.88. The molecular weight excluding hydrogens is 607 g/mol. The summed E-state index contributed by atoms with van der Waals surface area (Å²) in [6.07, 6.45) is 0. The van der Waals surface area contributed by atoms with Crippen molar-refractivity contribution in [1.82, 2.24) is 15.0 Å². The van der Waals surface area contributed by atoms with Crippen molar-refractivity contribution < 1.29 is 0 Å². The fourth-order valence-electron chi connectivity index (χ4n) is 7.39. The predicted octanol–water partition coefficient (Wildman–Crippen LogP) is 12.3. The van der Waals surface area contributed by atoms with Gasteiger partial charge in [-0.2, -0.15) is 0 Å². The molecular formula is C47H29N3. The Hall–Kier alpha value is -6.71. The van der Waals surface area contributed by atoms with Gasteiger partial charge in [0, 0.05) is 16.7 Å². The first-order chi connectivity index (χ1) is 24.8. The lowest BCUT2D eigenvalue weighted by Gasteiger charge is -2.16. The number of aromatic nitrogens is 3. The van der Waals surface area contributed by atoms with Crippen LogP contribution in [0.3, 0.4) is 0 Å². The van der Waals surface area contributed by atoms with E-state index in [2.05, 4.69) is 115 Å². The molecule has 0 aliphatic heterocycles. The van der Waals surface area contributed by atoms with E-state index in [1.165, 1.54) is 60.0 Å². The summed E-state index contributed by atoms with van der Waals surface area (Å²) in [5.41, 5.74) is 7.77. The third kappa shape index (κ3) is 4.71. The number of benzene rings is 9. The quantitative estimate of drug-likeness (QED) is 0.177. The molecule has 0 unspecified atom stereocenters. The maximum atomic E-state index is 5.07. The first-order valence-corrected chi connectivity index (χ1v) is 16.9. The zero-order valence-electron chi connectivity index (χ0n) is 27.1. The van der Waals surface area contributed by atoms with Gasteiger partial charge >= 0.3 is 0 Å². The number of nitrogens with zero attached hydrogens (tertiary/aromatic N) is 3. The maximum Gasteiger partial charge on any atom is 0.164 e. The largest absolute Gasteiger partial charge is 0.208 e. The second-order valence-electron chi connectivity index (χ2n) is 12.8. The highest BCUT2D eigenvalue weighted by Crippen LogP contribution is 2.42. The van der Waals surface area contributed by atoms with Crippen LogP contribution in [-0.2, 0) is 0 Å². The molecule has 0 saturated heterocycles. The number of hydrogen-bond acceptors (Lipinski definition) is 3. The predicted molar refractivity (Wildman–Crippen MR) is 208 cm³/mol. The van der Waals surface area contributed by atoms with Crippen molar-refractivity contribution in [2.45, 2.75) is 0 Å². The molecule has 0 N–H and O–H groups in total. The molecule has 9 aromatic carbocycles. The molecule has 3 heteroatoms. The Morgan fingerprint density at radius 1 is 0.260 bits per heavy atom. The van der Waals surface area contributed by atoms with E-state index < -0.39 is 0 Å². The molecule has 10 aromatic rings. The molecule has 0 aliphatic rings. The normalized spacial score (nSPS) is 11.6. The van der Waals surface area contributed by atoms with Gasteiger partial charge in [0.05, 0.1) is 0 Å². The molecule has 1 heterocycles. The van der Waals surface area contributed by atoms with Crippen molar-refractivity contribution >= 4 is 43.1 Å². The maximum absolute atomic E-state index is 5.07. The summed E-state index contributed by atoms with van der Waals surface area (Å²) in [7, 11) is 0. The Bertz CT molecular complexity index is 2790. The minimum Gasteiger partial charge on any atom is -0.208 e. The average Bonchev–Trinajstić information content (AvgIpc) is 3.20. The number of rotatable bonds is 5. The fourth-order valence-corrected chi connectivity index (χ4v) is 7.39. The third-order valence-electron chi connectivity index (χ3n) is 9.88. The van der Waals surface area contributed by atoms with Gasteiger partial charge in [-0.05, 0) is 77.5 Å². The van der Waals surface area contributed by atoms with Crippen molar-refractivity contribution in [3.05, 3.63) is 176 Å². The van der Waals surface area contributed by atoms with Gasteiger partial charge in [0.2, 0.25) is 0 Å². The zero-order chi connectivity index (χ0) is 33.0. The van der Waals surface area contributed by atoms with Crippen LogP contribution >= 0.6 is 0 Å². The summed E-state index contributed by atoms with van der Waals surface area (Å²) in [6.45, 7) is 0. The van der Waals surface area contributed by atoms with Crippen molar-refractivity contribution in [1.29, 1.82) is 0 Å². The molecule has 0 spiro atoms. The molecule has 10 rings (SSSR count). The van der Waals surface area contributed by atoms with Crippen LogP contribution in [0.15, 0.2) is 176 Å². The lowest BCUT2D eigenvalue weighted by Crippen LogP contribution is -2.00. The molecule has 50 heavy (non-hydrogen) atoms. The minimum atomic E-state index is 0.662. The van der Waals surface area contributed by atoms with Crippen LogP contribution in [0.2, 0.25) is 0 Å². The fraction of sp³-hybridized carbons (Fsp3) is 0. The van der Waals surface area contributed by atoms with Crippen molar-refractivity contribution in [3.8, 4) is 56.4 Å². The van der Waals surface area contributed by atoms with Gasteiger partial charge in [0.25, 0.3) is 0 Å². The average molecular weight is 636 g/mol. The highest BCUT2D eigenvalue weighted by molar-refractivity contribution is 6.27. The molecule has 0 atom stereocenters. The Morgan fingerprint density at radius 3 is 1.36 bits per heavy atom. The van der Waals surface area contributed by atoms with Crippen LogP contribution in [0, 0.1) is 0 Å². The first kappa shape index (κ1) is 28.3. The molecule has 3 nitrogen and oxygen atoms in total. The van der Waals surface area contributed by atoms with E-state index in [0.29, 0.717) is 17.5 Å². The highest BCUT2D eigenvalue weighted by Gasteiger charge is 2.18. The smallest absolute Gasteiger partial charge is 0.164 e. The Kier molecular flexibility index (Phi) is 6.49. The highest BCUT2D eigenvalue weighted by atomic mass is 15.0. The van der Waals surface area contributed by atoms with E-state index >= 15 is 0 Å². The zero-order valence-corrected chi connectivity index (χ0v) is 27.1. The van der Waals surface area contributed by atoms with Crippen LogP contribution in [0.25, 0.3) is 99.5 Å². The number of hydrogen-bond donors (Lipinski definition) is 0. The first-order valence-electron chi connectivity index (χ1n) is 16.9. The lowest BCUT2D eigenvalue weighted by molar-refractivity contribution is 1.08. The molecule has 0 radical (unpaired) electrons. The Labute approximate surface area is 289 Å². The summed E-state index contributed by atoms with van der Waals surface area (Å²) in [5.74, 6) is 1.99. The molecule has 1 aromatic heterocycles. The number of fused-ring (bicyclic) bond motifs is 1. The van der Waals surface area contributed by atoms with E-state index in [9.17, 15) is 0 Å². The summed E-state index contributed by atoms with van der Waals surface area (Å²) in [5, 5.41) is 9.80. The Balaban J connectivity index is 1.13. The third-order valence-corrected chi connectivity index (χ3v) is 9.88. The second kappa shape index (κ2) is 11.5. The molecule has 232 valence electrons. The van der Waals surface area contributed by atoms with E-state index in [-0.39, 0.29) is 0 Å². The summed E-state index contributed by atoms with van der Waals surface area (Å²) in [6, 6.07) is 62.4. The minimum absolute atomic E-state index is 0.662. The molecule has 0 aliphatic carbocycles. The topological polar surface area (TPSA) is 38.7 Å². The monoisotopic (exact) mass is 635 g/mol. The van der Waals surface area contributed by atoms with Gasteiger partial charge in [-0.25, -0.2) is 15.0 Å². The second-order valence-corrected chi connectivity index (χ2v) is 12.8. The van der Waals surface area contributed by atoms with Gasteiger partial charge in [-0.3, -0.25) is 0 Å². The molecule has 0 amide bonds. The van der Waals surface area contributed by atoms with Gasteiger partial charge in [-0.15, -0.1) is 0 Å². The van der Waals surface area contributed by atoms with Gasteiger partial charge in [0.15, 0.2) is 17.5 Å². The molecule has 0 saturated carbocycles. The van der Waals surface area contributed by atoms with E-state index in [4.69, 9.17) is 15.0 Å². The standard InChI is InChI=1S/C47H29N3/c1-3-10-35(11-4-1)45-48-46(36-12-5-2-6-13-36)50-47(49-45)42-28-24-34-22-26-40-39(25-21-33-23-27-41(42)44(34)43(33)40)32-18-15-31(16-19-32)38-20-17-30-9-7-8-14-37(30)29-38/h1-29H. The van der Waals surface area contributed by atoms with Gasteiger partial charge in [0.1, 0.15) is 0 Å². The van der Waals surface area contributed by atoms with Crippen LogP contribution in [0.5, 0.6) is 0 Å². The van der Waals surface area contributed by atoms with Gasteiger partial charge in [-0.1, -0.05) is 164 Å². The van der Waals surface area contributed by atoms with Crippen molar-refractivity contribution in [2.24, 2.45) is 0 Å². The summed E-state index contributed by atoms with van der Waals surface area (Å²) in [4.78, 5) is 15.1. The Morgan fingerprint density at radius 2 is 0.720 bits per heavy atom. The van der Waals surface area contributed by atoms with Crippen LogP contribution in [-0.4, -0.2) is 15.0 Å². The van der Waals surface area contributed by atoms with Crippen molar-refractivity contribution in [3.63, 3.8) is 0 Å². The van der Waals surface area contributed by atoms with Crippen LogP contribution in [0.4, 0.5) is 0 Å². The van der Waals surface area contributed by atoms with E-state index in [1.807, 2.05) is 60.7 Å². The SMILES string of the molecule is c1ccc(-c2nc(-c3ccccc3)nc(-c3ccc4ccc5c(-c6ccc(-c7ccc8ccccc8c7)cc6)ccc6ccc3c4c65)n2)cc1. The summed E-state index contributed by atoms with van der Waals surface area (Å²) >= 11 is 0. The van der Waals surface area contributed by atoms with Crippen molar-refractivity contribution in [2.75, 3.05) is 0 Å². The molecule has 0 bridgehead atoms. The summed E-state index contributed by atoms with van der Waals surface area (Å²) < 4.78 is 0. The van der Waals surface area contributed by atoms with Gasteiger partial charge < -0.3 is 0 Å².